The van der Waals surface area contributed by atoms with E-state index in [9.17, 15) is 0 Å². The van der Waals surface area contributed by atoms with Gasteiger partial charge in [-0.2, -0.15) is 13.3 Å². The van der Waals surface area contributed by atoms with Crippen LogP contribution >= 0.6 is 0 Å². The first-order valence-electron chi connectivity index (χ1n) is 0.903. The van der Waals surface area contributed by atoms with Gasteiger partial charge in [0.05, 0.1) is 0 Å². The van der Waals surface area contributed by atoms with Gasteiger partial charge in [-0.15, -0.1) is 0 Å². The second kappa shape index (κ2) is 3.65. The number of nitrogens with one attached hydrogen (secondary N) is 1. The van der Waals surface area contributed by atoms with Gasteiger partial charge in [0, 0.05) is 0 Å². The van der Waals surface area contributed by atoms with Gasteiger partial charge in [-0.1, -0.05) is 5.59 Å². The average molecular weight is 129 g/mol. The van der Waals surface area contributed by atoms with Gasteiger partial charge in [0.2, 0.25) is 0 Å². The summed E-state index contributed by atoms with van der Waals surface area (Å²) in [6.07, 6.45) is 0. The molecule has 0 fully saturated rings. The number of hydrogen-bond donors (Lipinski definition) is 3. The first-order valence-corrected chi connectivity index (χ1v) is 2.30. The largest absolute Gasteiger partial charge is 0.394 e. The molecule has 0 spiro atoms. The lowest BCUT2D eigenvalue weighted by molar-refractivity contribution is 0.381. The third-order valence-electron chi connectivity index (χ3n) is 0. The molecule has 0 aromatic carbocycles. The van der Waals surface area contributed by atoms with Crippen LogP contribution in [0.15, 0.2) is 0 Å². The van der Waals surface area contributed by atoms with E-state index in [1.807, 2.05) is 0 Å². The maximum Gasteiger partial charge on any atom is 0.394 e. The Morgan fingerprint density at radius 1 is 1.14 bits per heavy atom. The zero-order valence-electron chi connectivity index (χ0n) is 3.03. The molecule has 0 aliphatic rings. The molecule has 44 valence electrons. The Kier molecular flexibility index (Phi) is 5.06. The third-order valence-corrected chi connectivity index (χ3v) is 0. The van der Waals surface area contributed by atoms with Crippen molar-refractivity contribution in [2.24, 2.45) is 0 Å². The fraction of sp³-hybridized carbons (Fsp3) is 0. The fourth-order valence-electron chi connectivity index (χ4n) is 0. The second-order valence-electron chi connectivity index (χ2n) is 0.448. The van der Waals surface area contributed by atoms with Crippen LogP contribution in [0.4, 0.5) is 0 Å². The van der Waals surface area contributed by atoms with Crippen molar-refractivity contribution in [3.63, 3.8) is 0 Å². The molecule has 0 saturated heterocycles. The highest BCUT2D eigenvalue weighted by molar-refractivity contribution is 7.79. The van der Waals surface area contributed by atoms with Gasteiger partial charge in [-0.25, -0.2) is 0 Å². The van der Waals surface area contributed by atoms with Gasteiger partial charge in [0.15, 0.2) is 0 Å². The van der Waals surface area contributed by atoms with E-state index in [0.717, 1.165) is 0 Å². The van der Waals surface area contributed by atoms with E-state index in [2.05, 4.69) is 5.59 Å². The van der Waals surface area contributed by atoms with Crippen LogP contribution in [-0.4, -0.2) is 17.5 Å². The molecule has 0 heterocycles. The lowest BCUT2D eigenvalue weighted by Gasteiger charge is -1.68. The highest BCUT2D eigenvalue weighted by Gasteiger charge is 1.84. The van der Waals surface area contributed by atoms with Crippen molar-refractivity contribution >= 4 is 10.4 Å². The summed E-state index contributed by atoms with van der Waals surface area (Å²) in [5.74, 6) is 0. The van der Waals surface area contributed by atoms with Crippen LogP contribution in [0.2, 0.25) is 0 Å². The van der Waals surface area contributed by atoms with Gasteiger partial charge in [0.1, 0.15) is 0 Å². The average Bonchev–Trinajstić information content (AvgIpc) is 1.36. The minimum absolute atomic E-state index is 4.50. The van der Waals surface area contributed by atoms with Crippen molar-refractivity contribution in [3.05, 3.63) is 4.91 Å². The molecule has 7 heteroatoms. The molecule has 0 aromatic heterocycles. The molecule has 0 saturated carbocycles. The molecular formula is H3NO5S. The lowest BCUT2D eigenvalue weighted by Crippen LogP contribution is -1.89. The van der Waals surface area contributed by atoms with Gasteiger partial charge in [-0.05, 0) is 0 Å². The van der Waals surface area contributed by atoms with Crippen LogP contribution in [0.25, 0.3) is 0 Å². The molecule has 0 radical (unpaired) electrons. The number of hydrogen-bond acceptors (Lipinski definition) is 4. The molecule has 0 unspecified atom stereocenters. The van der Waals surface area contributed by atoms with Crippen LogP contribution in [0.1, 0.15) is 0 Å². The lowest BCUT2D eigenvalue weighted by atomic mass is 13.8. The summed E-state index contributed by atoms with van der Waals surface area (Å²) < 4.78 is 31.6. The van der Waals surface area contributed by atoms with Crippen molar-refractivity contribution in [1.29, 1.82) is 5.59 Å². The van der Waals surface area contributed by atoms with Crippen LogP contribution in [0.3, 0.4) is 0 Å². The maximum atomic E-state index is 8.74. The Balaban J connectivity index is 0. The van der Waals surface area contributed by atoms with E-state index in [1.54, 1.807) is 0 Å². The third kappa shape index (κ3) is 234. The van der Waals surface area contributed by atoms with E-state index in [0.29, 0.717) is 0 Å². The molecule has 0 aromatic rings. The number of rotatable bonds is 0. The van der Waals surface area contributed by atoms with Crippen molar-refractivity contribution in [3.8, 4) is 0 Å². The molecule has 0 rings (SSSR count). The van der Waals surface area contributed by atoms with Gasteiger partial charge in [-0.3, -0.25) is 9.11 Å². The highest BCUT2D eigenvalue weighted by atomic mass is 32.3. The summed E-state index contributed by atoms with van der Waals surface area (Å²) in [4.78, 5) is 7.50. The first kappa shape index (κ1) is 9.69. The smallest absolute Gasteiger partial charge is 0.264 e. The van der Waals surface area contributed by atoms with E-state index < -0.39 is 10.4 Å². The molecule has 0 atom stereocenters. The Morgan fingerprint density at radius 3 is 1.14 bits per heavy atom. The van der Waals surface area contributed by atoms with Crippen LogP contribution < -0.4 is 0 Å². The van der Waals surface area contributed by atoms with Crippen LogP contribution in [-0.2, 0) is 10.4 Å². The van der Waals surface area contributed by atoms with Crippen molar-refractivity contribution < 1.29 is 17.5 Å². The Labute approximate surface area is 39.5 Å². The zero-order valence-corrected chi connectivity index (χ0v) is 3.84. The Bertz CT molecular complexity index is 102. The van der Waals surface area contributed by atoms with E-state index in [4.69, 9.17) is 22.4 Å². The summed E-state index contributed by atoms with van der Waals surface area (Å²) in [5.41, 5.74) is 4.50. The van der Waals surface area contributed by atoms with Crippen molar-refractivity contribution in [1.82, 2.24) is 0 Å². The first-order chi connectivity index (χ1) is 3.00. The zero-order chi connectivity index (χ0) is 6.50. The summed E-state index contributed by atoms with van der Waals surface area (Å²) in [6.45, 7) is 0. The van der Waals surface area contributed by atoms with Gasteiger partial charge in [0.25, 0.3) is 0 Å². The normalized spacial score (nSPS) is 8.86. The molecule has 0 aliphatic heterocycles. The predicted octanol–water partition coefficient (Wildman–Crippen LogP) is -0.321. The molecule has 0 aliphatic carbocycles. The van der Waals surface area contributed by atoms with Crippen LogP contribution in [0, 0.1) is 10.5 Å². The fourth-order valence-corrected chi connectivity index (χ4v) is 0. The highest BCUT2D eigenvalue weighted by Crippen LogP contribution is 1.59. The summed E-state index contributed by atoms with van der Waals surface area (Å²) in [6, 6.07) is 0. The van der Waals surface area contributed by atoms with Crippen molar-refractivity contribution in [2.75, 3.05) is 0 Å². The SMILES string of the molecule is N=O.O=S(=O)(O)O. The molecule has 0 amide bonds. The molecular weight excluding hydrogens is 126 g/mol. The van der Waals surface area contributed by atoms with E-state index in [1.165, 1.54) is 0 Å². The standard InChI is InChI=1S/HNO.H2O4S/c1-2;1-5(2,3)4/h1H;(H2,1,2,3,4). The summed E-state index contributed by atoms with van der Waals surface area (Å²) in [7, 11) is -4.67. The minimum Gasteiger partial charge on any atom is -0.264 e. The van der Waals surface area contributed by atoms with Gasteiger partial charge < -0.3 is 0 Å². The van der Waals surface area contributed by atoms with E-state index in [-0.39, 0.29) is 0 Å². The van der Waals surface area contributed by atoms with Crippen LogP contribution in [0.5, 0.6) is 0 Å². The Hall–Kier alpha value is -0.530. The second-order valence-corrected chi connectivity index (χ2v) is 1.34. The Morgan fingerprint density at radius 2 is 1.14 bits per heavy atom. The topological polar surface area (TPSA) is 116 Å². The quantitative estimate of drug-likeness (QED) is 0.306. The molecule has 7 heavy (non-hydrogen) atoms. The molecule has 6 nitrogen and oxygen atoms in total. The minimum atomic E-state index is -4.67. The van der Waals surface area contributed by atoms with E-state index >= 15 is 0 Å². The predicted molar refractivity (Wildman–Crippen MR) is 20.3 cm³/mol. The van der Waals surface area contributed by atoms with Crippen molar-refractivity contribution in [2.45, 2.75) is 0 Å². The number of nitroso groups, excluding NO2 is 1. The maximum absolute atomic E-state index is 8.74. The van der Waals surface area contributed by atoms with Gasteiger partial charge >= 0.3 is 10.4 Å². The monoisotopic (exact) mass is 129 g/mol. The summed E-state index contributed by atoms with van der Waals surface area (Å²) >= 11 is 0. The summed E-state index contributed by atoms with van der Waals surface area (Å²) in [5, 5.41) is 0. The molecule has 0 bridgehead atoms. The molecule has 3 N–H and O–H groups in total.